The Morgan fingerprint density at radius 3 is 2.29 bits per heavy atom. The molecule has 0 heterocycles. The highest BCUT2D eigenvalue weighted by molar-refractivity contribution is 6.32. The Morgan fingerprint density at radius 2 is 1.71 bits per heavy atom. The molecule has 128 valence electrons. The van der Waals surface area contributed by atoms with Crippen LogP contribution in [0.3, 0.4) is 0 Å². The lowest BCUT2D eigenvalue weighted by Crippen LogP contribution is -2.22. The van der Waals surface area contributed by atoms with Crippen molar-refractivity contribution >= 4 is 28.9 Å². The Kier molecular flexibility index (Phi) is 5.93. The van der Waals surface area contributed by atoms with Crippen LogP contribution >= 0.6 is 11.6 Å². The van der Waals surface area contributed by atoms with Crippen molar-refractivity contribution in [3.05, 3.63) is 46.5 Å². The molecule has 2 rings (SSSR count). The van der Waals surface area contributed by atoms with Crippen LogP contribution in [0, 0.1) is 13.8 Å². The van der Waals surface area contributed by atoms with Crippen LogP contribution in [-0.4, -0.2) is 26.7 Å². The summed E-state index contributed by atoms with van der Waals surface area (Å²) in [5.74, 6) is 0.772. The van der Waals surface area contributed by atoms with Gasteiger partial charge in [-0.05, 0) is 31.0 Å². The van der Waals surface area contributed by atoms with E-state index in [1.165, 1.54) is 14.2 Å². The number of methoxy groups -OCH3 is 2. The number of hydrogen-bond acceptors (Lipinski definition) is 4. The van der Waals surface area contributed by atoms with Crippen molar-refractivity contribution in [1.82, 2.24) is 0 Å². The zero-order chi connectivity index (χ0) is 17.7. The summed E-state index contributed by atoms with van der Waals surface area (Å²) in [5, 5.41) is 6.36. The maximum absolute atomic E-state index is 12.2. The van der Waals surface area contributed by atoms with Gasteiger partial charge in [-0.25, -0.2) is 0 Å². The average Bonchev–Trinajstić information content (AvgIpc) is 2.54. The molecule has 0 aliphatic heterocycles. The van der Waals surface area contributed by atoms with Gasteiger partial charge in [0.2, 0.25) is 5.91 Å². The van der Waals surface area contributed by atoms with Gasteiger partial charge in [-0.15, -0.1) is 0 Å². The third kappa shape index (κ3) is 4.11. The van der Waals surface area contributed by atoms with Gasteiger partial charge in [0.05, 0.1) is 31.5 Å². The summed E-state index contributed by atoms with van der Waals surface area (Å²) in [5.41, 5.74) is 3.64. The number of ether oxygens (including phenoxy) is 2. The van der Waals surface area contributed by atoms with Crippen LogP contribution in [0.5, 0.6) is 11.5 Å². The van der Waals surface area contributed by atoms with E-state index in [1.54, 1.807) is 12.1 Å². The summed E-state index contributed by atoms with van der Waals surface area (Å²) in [6.45, 7) is 4.14. The van der Waals surface area contributed by atoms with Crippen LogP contribution in [0.4, 0.5) is 11.4 Å². The van der Waals surface area contributed by atoms with Gasteiger partial charge in [-0.2, -0.15) is 0 Å². The van der Waals surface area contributed by atoms with E-state index in [2.05, 4.69) is 10.6 Å². The molecule has 0 saturated heterocycles. The molecule has 24 heavy (non-hydrogen) atoms. The third-order valence-electron chi connectivity index (χ3n) is 3.65. The Balaban J connectivity index is 2.09. The normalized spacial score (nSPS) is 10.2. The van der Waals surface area contributed by atoms with Crippen molar-refractivity contribution in [3.8, 4) is 11.5 Å². The number of amides is 1. The number of aryl methyl sites for hydroxylation is 2. The summed E-state index contributed by atoms with van der Waals surface area (Å²) in [6.07, 6.45) is 0. The Bertz CT molecular complexity index is 727. The molecule has 0 fully saturated rings. The van der Waals surface area contributed by atoms with E-state index >= 15 is 0 Å². The number of nitrogens with one attached hydrogen (secondary N) is 2. The average molecular weight is 349 g/mol. The fourth-order valence-electron chi connectivity index (χ4n) is 2.41. The van der Waals surface area contributed by atoms with Crippen molar-refractivity contribution in [2.75, 3.05) is 31.4 Å². The lowest BCUT2D eigenvalue weighted by Gasteiger charge is -2.15. The lowest BCUT2D eigenvalue weighted by atomic mass is 10.1. The van der Waals surface area contributed by atoms with Gasteiger partial charge in [0, 0.05) is 11.8 Å². The molecule has 5 nitrogen and oxygen atoms in total. The van der Waals surface area contributed by atoms with E-state index in [0.29, 0.717) is 22.2 Å². The maximum Gasteiger partial charge on any atom is 0.243 e. The van der Waals surface area contributed by atoms with Gasteiger partial charge < -0.3 is 20.1 Å². The summed E-state index contributed by atoms with van der Waals surface area (Å²) in [4.78, 5) is 12.2. The van der Waals surface area contributed by atoms with Gasteiger partial charge in [0.15, 0.2) is 0 Å². The van der Waals surface area contributed by atoms with E-state index in [-0.39, 0.29) is 12.5 Å². The molecular formula is C18H21ClN2O3. The Labute approximate surface area is 146 Å². The largest absolute Gasteiger partial charge is 0.495 e. The summed E-state index contributed by atoms with van der Waals surface area (Å²) < 4.78 is 10.4. The highest BCUT2D eigenvalue weighted by Gasteiger charge is 2.13. The molecule has 6 heteroatoms. The number of halogens is 1. The number of carbonyl (C=O) groups excluding carboxylic acids is 1. The van der Waals surface area contributed by atoms with Crippen LogP contribution in [0.25, 0.3) is 0 Å². The number of benzene rings is 2. The molecule has 2 aromatic rings. The zero-order valence-electron chi connectivity index (χ0n) is 14.2. The molecule has 0 aliphatic carbocycles. The second-order valence-electron chi connectivity index (χ2n) is 5.36. The van der Waals surface area contributed by atoms with Crippen LogP contribution in [0.1, 0.15) is 11.1 Å². The Hall–Kier alpha value is -2.40. The van der Waals surface area contributed by atoms with Crippen LogP contribution in [-0.2, 0) is 4.79 Å². The molecular weight excluding hydrogens is 328 g/mol. The molecule has 0 aromatic heterocycles. The van der Waals surface area contributed by atoms with E-state index in [9.17, 15) is 4.79 Å². The second-order valence-corrected chi connectivity index (χ2v) is 5.76. The molecule has 0 saturated carbocycles. The fourth-order valence-corrected chi connectivity index (χ4v) is 2.65. The summed E-state index contributed by atoms with van der Waals surface area (Å²) >= 11 is 6.11. The highest BCUT2D eigenvalue weighted by Crippen LogP contribution is 2.35. The van der Waals surface area contributed by atoms with Crippen molar-refractivity contribution in [3.63, 3.8) is 0 Å². The van der Waals surface area contributed by atoms with Crippen molar-refractivity contribution in [2.24, 2.45) is 0 Å². The van der Waals surface area contributed by atoms with Gasteiger partial charge in [-0.3, -0.25) is 4.79 Å². The summed E-state index contributed by atoms with van der Waals surface area (Å²) in [7, 11) is 3.04. The van der Waals surface area contributed by atoms with E-state index in [1.807, 2.05) is 32.0 Å². The van der Waals surface area contributed by atoms with E-state index < -0.39 is 0 Å². The number of anilines is 2. The first-order valence-corrected chi connectivity index (χ1v) is 7.85. The highest BCUT2D eigenvalue weighted by atomic mass is 35.5. The van der Waals surface area contributed by atoms with Crippen LogP contribution < -0.4 is 20.1 Å². The predicted octanol–water partition coefficient (Wildman–Crippen LogP) is 4.02. The van der Waals surface area contributed by atoms with Crippen molar-refractivity contribution in [1.29, 1.82) is 0 Å². The number of carbonyl (C=O) groups is 1. The second kappa shape index (κ2) is 7.93. The zero-order valence-corrected chi connectivity index (χ0v) is 15.0. The first kappa shape index (κ1) is 17.9. The molecule has 2 N–H and O–H groups in total. The quantitative estimate of drug-likeness (QED) is 0.827. The lowest BCUT2D eigenvalue weighted by molar-refractivity contribution is -0.114. The number of hydrogen-bond donors (Lipinski definition) is 2. The van der Waals surface area contributed by atoms with Gasteiger partial charge in [0.25, 0.3) is 0 Å². The standard InChI is InChI=1S/C18H21ClN2O3/c1-11-6-5-7-12(2)18(11)20-10-17(22)21-14-8-13(19)15(23-3)9-16(14)24-4/h5-9,20H,10H2,1-4H3,(H,21,22). The maximum atomic E-state index is 12.2. The van der Waals surface area contributed by atoms with Crippen LogP contribution in [0.15, 0.2) is 30.3 Å². The smallest absolute Gasteiger partial charge is 0.243 e. The van der Waals surface area contributed by atoms with Gasteiger partial charge in [-0.1, -0.05) is 29.8 Å². The Morgan fingerprint density at radius 1 is 1.08 bits per heavy atom. The number of para-hydroxylation sites is 1. The minimum atomic E-state index is -0.197. The SMILES string of the molecule is COc1cc(OC)c(NC(=O)CNc2c(C)cccc2C)cc1Cl. The molecule has 0 radical (unpaired) electrons. The monoisotopic (exact) mass is 348 g/mol. The molecule has 0 spiro atoms. The van der Waals surface area contributed by atoms with Crippen LogP contribution in [0.2, 0.25) is 5.02 Å². The van der Waals surface area contributed by atoms with Gasteiger partial charge >= 0.3 is 0 Å². The minimum absolute atomic E-state index is 0.137. The third-order valence-corrected chi connectivity index (χ3v) is 3.95. The topological polar surface area (TPSA) is 59.6 Å². The molecule has 0 atom stereocenters. The fraction of sp³-hybridized carbons (Fsp3) is 0.278. The molecule has 0 unspecified atom stereocenters. The first-order chi connectivity index (χ1) is 11.5. The van der Waals surface area contributed by atoms with Crippen molar-refractivity contribution < 1.29 is 14.3 Å². The first-order valence-electron chi connectivity index (χ1n) is 7.47. The van der Waals surface area contributed by atoms with E-state index in [4.69, 9.17) is 21.1 Å². The van der Waals surface area contributed by atoms with E-state index in [0.717, 1.165) is 16.8 Å². The molecule has 0 aliphatic rings. The number of rotatable bonds is 6. The summed E-state index contributed by atoms with van der Waals surface area (Å²) in [6, 6.07) is 9.23. The molecule has 0 bridgehead atoms. The predicted molar refractivity (Wildman–Crippen MR) is 97.6 cm³/mol. The van der Waals surface area contributed by atoms with Crippen molar-refractivity contribution in [2.45, 2.75) is 13.8 Å². The van der Waals surface area contributed by atoms with Gasteiger partial charge in [0.1, 0.15) is 11.5 Å². The molecule has 2 aromatic carbocycles. The minimum Gasteiger partial charge on any atom is -0.495 e. The molecule has 1 amide bonds.